The van der Waals surface area contributed by atoms with Gasteiger partial charge in [0.05, 0.1) is 22.3 Å². The molecule has 2 aliphatic heterocycles. The van der Waals surface area contributed by atoms with Gasteiger partial charge in [0, 0.05) is 36.5 Å². The Morgan fingerprint density at radius 1 is 1.09 bits per heavy atom. The van der Waals surface area contributed by atoms with Crippen LogP contribution in [0.5, 0.6) is 0 Å². The van der Waals surface area contributed by atoms with Crippen molar-refractivity contribution in [3.8, 4) is 0 Å². The van der Waals surface area contributed by atoms with E-state index in [1.165, 1.54) is 18.5 Å². The molecule has 1 aliphatic carbocycles. The number of aromatic nitrogens is 4. The van der Waals surface area contributed by atoms with E-state index in [1.54, 1.807) is 11.3 Å². The molecule has 172 valence electrons. The number of hydrogen-bond acceptors (Lipinski definition) is 7. The monoisotopic (exact) mass is 472 g/mol. The second-order valence-corrected chi connectivity index (χ2v) is 10.2. The number of carbonyl (C=O) groups excluding carboxylic acids is 1. The quantitative estimate of drug-likeness (QED) is 0.394. The predicted octanol–water partition coefficient (Wildman–Crippen LogP) is 4.53. The van der Waals surface area contributed by atoms with E-state index in [9.17, 15) is 4.79 Å². The number of piperazine rings is 1. The molecular weight excluding hydrogens is 448 g/mol. The molecule has 4 aromatic rings. The van der Waals surface area contributed by atoms with Gasteiger partial charge in [-0.2, -0.15) is 10.1 Å². The number of aromatic amines is 1. The highest BCUT2D eigenvalue weighted by atomic mass is 32.1. The first-order chi connectivity index (χ1) is 16.7. The third-order valence-corrected chi connectivity index (χ3v) is 7.85. The molecule has 10 heteroatoms. The van der Waals surface area contributed by atoms with Gasteiger partial charge in [0.1, 0.15) is 0 Å². The number of amides is 2. The van der Waals surface area contributed by atoms with Gasteiger partial charge in [-0.25, -0.2) is 9.78 Å². The zero-order chi connectivity index (χ0) is 22.6. The summed E-state index contributed by atoms with van der Waals surface area (Å²) in [5.41, 5.74) is 2.93. The van der Waals surface area contributed by atoms with Gasteiger partial charge in [-0.15, -0.1) is 11.3 Å². The average molecular weight is 473 g/mol. The third-order valence-electron chi connectivity index (χ3n) is 6.94. The van der Waals surface area contributed by atoms with Gasteiger partial charge < -0.3 is 20.4 Å². The van der Waals surface area contributed by atoms with E-state index < -0.39 is 0 Å². The Morgan fingerprint density at radius 3 is 2.76 bits per heavy atom. The number of para-hydroxylation sites is 1. The van der Waals surface area contributed by atoms with Crippen LogP contribution in [-0.4, -0.2) is 56.3 Å². The Kier molecular flexibility index (Phi) is 4.48. The lowest BCUT2D eigenvalue weighted by molar-refractivity contribution is 0.202. The predicted molar refractivity (Wildman–Crippen MR) is 133 cm³/mol. The van der Waals surface area contributed by atoms with Crippen molar-refractivity contribution in [3.05, 3.63) is 53.5 Å². The summed E-state index contributed by atoms with van der Waals surface area (Å²) in [6.07, 6.45) is 3.39. The minimum absolute atomic E-state index is 0.0418. The van der Waals surface area contributed by atoms with Crippen molar-refractivity contribution in [1.29, 1.82) is 0 Å². The normalized spacial score (nSPS) is 21.4. The Hall–Kier alpha value is -3.66. The number of nitrogens with one attached hydrogen (secondary N) is 3. The molecule has 3 N–H and O–H groups in total. The Balaban J connectivity index is 1.11. The van der Waals surface area contributed by atoms with Crippen molar-refractivity contribution < 1.29 is 4.79 Å². The molecule has 9 nitrogen and oxygen atoms in total. The number of H-pyrrole nitrogens is 1. The van der Waals surface area contributed by atoms with Crippen molar-refractivity contribution in [2.24, 2.45) is 0 Å². The maximum absolute atomic E-state index is 12.8. The fourth-order valence-electron chi connectivity index (χ4n) is 5.07. The molecule has 2 atom stereocenters. The summed E-state index contributed by atoms with van der Waals surface area (Å²) in [7, 11) is 0. The number of carbonyl (C=O) groups is 1. The van der Waals surface area contributed by atoms with Gasteiger partial charge in [-0.3, -0.25) is 5.10 Å². The zero-order valence-electron chi connectivity index (χ0n) is 18.4. The first kappa shape index (κ1) is 19.8. The maximum atomic E-state index is 12.8. The molecule has 0 unspecified atom stereocenters. The average Bonchev–Trinajstić information content (AvgIpc) is 3.24. The second-order valence-electron chi connectivity index (χ2n) is 9.26. The molecule has 34 heavy (non-hydrogen) atoms. The van der Waals surface area contributed by atoms with E-state index in [0.717, 1.165) is 40.5 Å². The zero-order valence-corrected chi connectivity index (χ0v) is 19.3. The van der Waals surface area contributed by atoms with Crippen molar-refractivity contribution in [2.45, 2.75) is 37.3 Å². The summed E-state index contributed by atoms with van der Waals surface area (Å²) in [4.78, 5) is 26.8. The number of urea groups is 1. The molecule has 0 spiro atoms. The molecule has 5 heterocycles. The molecule has 3 aromatic heterocycles. The molecule has 0 radical (unpaired) electrons. The highest BCUT2D eigenvalue weighted by Gasteiger charge is 2.46. The van der Waals surface area contributed by atoms with Crippen LogP contribution in [0.3, 0.4) is 0 Å². The van der Waals surface area contributed by atoms with Gasteiger partial charge in [-0.1, -0.05) is 18.2 Å². The summed E-state index contributed by atoms with van der Waals surface area (Å²) >= 11 is 1.63. The van der Waals surface area contributed by atoms with Gasteiger partial charge in [0.25, 0.3) is 0 Å². The number of thiophene rings is 1. The van der Waals surface area contributed by atoms with Crippen molar-refractivity contribution in [3.63, 3.8) is 0 Å². The number of nitrogens with zero attached hydrogens (tertiary/aromatic N) is 5. The van der Waals surface area contributed by atoms with Crippen molar-refractivity contribution in [1.82, 2.24) is 25.1 Å². The number of rotatable bonds is 5. The molecule has 3 aliphatic rings. The van der Waals surface area contributed by atoms with E-state index in [0.29, 0.717) is 18.4 Å². The first-order valence-electron chi connectivity index (χ1n) is 11.7. The Labute approximate surface area is 200 Å². The summed E-state index contributed by atoms with van der Waals surface area (Å²) in [6.45, 7) is 1.40. The van der Waals surface area contributed by atoms with E-state index in [1.807, 2.05) is 46.7 Å². The van der Waals surface area contributed by atoms with Crippen molar-refractivity contribution >= 4 is 50.9 Å². The highest BCUT2D eigenvalue weighted by Crippen LogP contribution is 2.40. The van der Waals surface area contributed by atoms with Crippen LogP contribution in [0.15, 0.2) is 47.8 Å². The first-order valence-corrected chi connectivity index (χ1v) is 12.6. The highest BCUT2D eigenvalue weighted by molar-refractivity contribution is 7.17. The second kappa shape index (κ2) is 7.69. The lowest BCUT2D eigenvalue weighted by Crippen LogP contribution is -2.50. The SMILES string of the molecule is O=C(Nc1ccccc1)N1C[C@@H]2C[C@H]1CN2c1nc(Nc2cc(C3CC3)[nH]n2)c2sccc2n1. The fourth-order valence-corrected chi connectivity index (χ4v) is 5.84. The van der Waals surface area contributed by atoms with Crippen molar-refractivity contribution in [2.75, 3.05) is 28.6 Å². The minimum atomic E-state index is -0.0418. The molecule has 2 amide bonds. The van der Waals surface area contributed by atoms with Crippen LogP contribution >= 0.6 is 11.3 Å². The number of likely N-dealkylation sites (tertiary alicyclic amines) is 1. The Bertz CT molecular complexity index is 1360. The third kappa shape index (κ3) is 3.45. The summed E-state index contributed by atoms with van der Waals surface area (Å²) in [5, 5.41) is 16.1. The van der Waals surface area contributed by atoms with Crippen LogP contribution in [0.25, 0.3) is 10.2 Å². The molecule has 1 aromatic carbocycles. The van der Waals surface area contributed by atoms with E-state index in [4.69, 9.17) is 9.97 Å². The number of hydrogen-bond donors (Lipinski definition) is 3. The number of fused-ring (bicyclic) bond motifs is 3. The van der Waals surface area contributed by atoms with Gasteiger partial charge in [0.15, 0.2) is 11.6 Å². The van der Waals surface area contributed by atoms with E-state index in [2.05, 4.69) is 31.8 Å². The molecule has 2 saturated heterocycles. The van der Waals surface area contributed by atoms with Gasteiger partial charge >= 0.3 is 6.03 Å². The number of benzene rings is 1. The molecule has 1 saturated carbocycles. The molecular formula is C24H24N8OS. The van der Waals surface area contributed by atoms with Crippen LogP contribution in [0, 0.1) is 0 Å². The molecule has 7 rings (SSSR count). The number of anilines is 4. The summed E-state index contributed by atoms with van der Waals surface area (Å²) < 4.78 is 1.02. The topological polar surface area (TPSA) is 102 Å². The lowest BCUT2D eigenvalue weighted by atomic mass is 10.2. The smallest absolute Gasteiger partial charge is 0.322 e. The van der Waals surface area contributed by atoms with Crippen LogP contribution in [0.2, 0.25) is 0 Å². The van der Waals surface area contributed by atoms with Gasteiger partial charge in [0.2, 0.25) is 5.95 Å². The van der Waals surface area contributed by atoms with Crippen LogP contribution in [0.4, 0.5) is 28.1 Å². The largest absolute Gasteiger partial charge is 0.334 e. The Morgan fingerprint density at radius 2 is 1.97 bits per heavy atom. The molecule has 2 bridgehead atoms. The van der Waals surface area contributed by atoms with Crippen LogP contribution in [-0.2, 0) is 0 Å². The van der Waals surface area contributed by atoms with Crippen LogP contribution < -0.4 is 15.5 Å². The van der Waals surface area contributed by atoms with Gasteiger partial charge in [-0.05, 0) is 42.8 Å². The fraction of sp³-hybridized carbons (Fsp3) is 0.333. The van der Waals surface area contributed by atoms with Crippen LogP contribution in [0.1, 0.15) is 30.9 Å². The van der Waals surface area contributed by atoms with E-state index >= 15 is 0 Å². The minimum Gasteiger partial charge on any atom is -0.334 e. The molecule has 3 fully saturated rings. The standard InChI is InChI=1S/C24H24N8OS/c33-24(25-15-4-2-1-3-5-15)32-13-16-10-17(32)12-31(16)23-26-18-8-9-34-21(18)22(28-23)27-20-11-19(29-30-20)14-6-7-14/h1-5,8-9,11,14,16-17H,6-7,10,12-13H2,(H,25,33)(H2,26,27,28,29,30)/t16-,17-/m0/s1. The lowest BCUT2D eigenvalue weighted by Gasteiger charge is -2.34. The van der Waals surface area contributed by atoms with E-state index in [-0.39, 0.29) is 18.1 Å². The summed E-state index contributed by atoms with van der Waals surface area (Å²) in [5.74, 6) is 2.90. The summed E-state index contributed by atoms with van der Waals surface area (Å²) in [6, 6.07) is 14.0. The maximum Gasteiger partial charge on any atom is 0.322 e.